The fraction of sp³-hybridized carbons (Fsp3) is 0.111. The molecule has 0 aliphatic carbocycles. The Morgan fingerprint density at radius 3 is 2.68 bits per heavy atom. The molecule has 0 bridgehead atoms. The van der Waals surface area contributed by atoms with Crippen molar-refractivity contribution in [2.75, 3.05) is 11.9 Å². The summed E-state index contributed by atoms with van der Waals surface area (Å²) in [6.45, 7) is 1.85. The highest BCUT2D eigenvalue weighted by molar-refractivity contribution is 6.35. The Hall–Kier alpha value is -2.68. The van der Waals surface area contributed by atoms with E-state index in [0.717, 1.165) is 0 Å². The van der Waals surface area contributed by atoms with Gasteiger partial charge in [0.15, 0.2) is 11.3 Å². The molecule has 0 amide bonds. The van der Waals surface area contributed by atoms with Gasteiger partial charge in [0.2, 0.25) is 0 Å². The van der Waals surface area contributed by atoms with Crippen molar-refractivity contribution in [1.29, 1.82) is 5.26 Å². The number of esters is 1. The van der Waals surface area contributed by atoms with Crippen LogP contribution in [-0.2, 0) is 9.53 Å². The lowest BCUT2D eigenvalue weighted by atomic mass is 10.2. The molecule has 0 spiro atoms. The summed E-state index contributed by atoms with van der Waals surface area (Å²) in [7, 11) is 0. The molecule has 0 radical (unpaired) electrons. The second-order valence-corrected chi connectivity index (χ2v) is 5.55. The van der Waals surface area contributed by atoms with E-state index in [9.17, 15) is 4.79 Å². The molecular formula is C18H14Cl2N2O3. The average molecular weight is 377 g/mol. The predicted molar refractivity (Wildman–Crippen MR) is 96.9 cm³/mol. The normalized spacial score (nSPS) is 10.7. The van der Waals surface area contributed by atoms with E-state index in [0.29, 0.717) is 27.2 Å². The van der Waals surface area contributed by atoms with Crippen molar-refractivity contribution in [2.45, 2.75) is 6.92 Å². The van der Waals surface area contributed by atoms with Crippen molar-refractivity contribution in [1.82, 2.24) is 0 Å². The zero-order chi connectivity index (χ0) is 18.2. The SMILES string of the molecule is CCOC(=O)/C(C#N)=C\Nc1ccccc1Oc1ccc(Cl)cc1Cl. The maximum absolute atomic E-state index is 11.6. The lowest BCUT2D eigenvalue weighted by molar-refractivity contribution is -0.138. The molecule has 0 aromatic heterocycles. The molecule has 0 fully saturated rings. The molecule has 2 aromatic carbocycles. The molecule has 2 aromatic rings. The summed E-state index contributed by atoms with van der Waals surface area (Å²) < 4.78 is 10.6. The summed E-state index contributed by atoms with van der Waals surface area (Å²) in [4.78, 5) is 11.6. The van der Waals surface area contributed by atoms with Gasteiger partial charge in [-0.25, -0.2) is 4.79 Å². The van der Waals surface area contributed by atoms with E-state index in [4.69, 9.17) is 37.9 Å². The lowest BCUT2D eigenvalue weighted by Gasteiger charge is -2.12. The third-order valence-electron chi connectivity index (χ3n) is 2.99. The predicted octanol–water partition coefficient (Wildman–Crippen LogP) is 5.17. The Bertz CT molecular complexity index is 844. The van der Waals surface area contributed by atoms with E-state index in [1.807, 2.05) is 0 Å². The molecule has 0 saturated carbocycles. The molecule has 2 rings (SSSR count). The second kappa shape index (κ2) is 8.97. The zero-order valence-corrected chi connectivity index (χ0v) is 14.8. The smallest absolute Gasteiger partial charge is 0.350 e. The summed E-state index contributed by atoms with van der Waals surface area (Å²) in [5.41, 5.74) is 0.395. The molecule has 0 unspecified atom stereocenters. The number of nitrogens with one attached hydrogen (secondary N) is 1. The standard InChI is InChI=1S/C18H14Cl2N2O3/c1-2-24-18(23)12(10-21)11-22-15-5-3-4-6-17(15)25-16-8-7-13(19)9-14(16)20/h3-9,11,22H,2H2,1H3/b12-11-. The molecule has 25 heavy (non-hydrogen) atoms. The molecule has 0 atom stereocenters. The molecule has 0 saturated heterocycles. The van der Waals surface area contributed by atoms with E-state index in [1.165, 1.54) is 6.20 Å². The van der Waals surface area contributed by atoms with Crippen molar-refractivity contribution in [3.05, 3.63) is 64.3 Å². The number of nitriles is 1. The Morgan fingerprint density at radius 2 is 2.00 bits per heavy atom. The van der Waals surface area contributed by atoms with Gasteiger partial charge in [-0.2, -0.15) is 5.26 Å². The first-order valence-corrected chi connectivity index (χ1v) is 8.06. The van der Waals surface area contributed by atoms with Crippen LogP contribution in [0.1, 0.15) is 6.92 Å². The molecule has 1 N–H and O–H groups in total. The molecular weight excluding hydrogens is 363 g/mol. The van der Waals surface area contributed by atoms with E-state index < -0.39 is 5.97 Å². The minimum atomic E-state index is -0.698. The lowest BCUT2D eigenvalue weighted by Crippen LogP contribution is -2.08. The third-order valence-corrected chi connectivity index (χ3v) is 3.52. The van der Waals surface area contributed by atoms with E-state index in [-0.39, 0.29) is 12.2 Å². The number of ether oxygens (including phenoxy) is 2. The summed E-state index contributed by atoms with van der Waals surface area (Å²) >= 11 is 12.0. The molecule has 0 aliphatic heterocycles. The van der Waals surface area contributed by atoms with Crippen LogP contribution >= 0.6 is 23.2 Å². The van der Waals surface area contributed by atoms with E-state index in [1.54, 1.807) is 55.5 Å². The van der Waals surface area contributed by atoms with Crippen LogP contribution in [0.3, 0.4) is 0 Å². The number of halogens is 2. The summed E-state index contributed by atoms with van der Waals surface area (Å²) in [5.74, 6) is 0.191. The minimum absolute atomic E-state index is 0.152. The minimum Gasteiger partial charge on any atom is -0.462 e. The van der Waals surface area contributed by atoms with Crippen molar-refractivity contribution in [3.63, 3.8) is 0 Å². The first-order valence-electron chi connectivity index (χ1n) is 7.31. The Balaban J connectivity index is 2.23. The fourth-order valence-corrected chi connectivity index (χ4v) is 2.29. The van der Waals surface area contributed by atoms with Crippen LogP contribution in [0.15, 0.2) is 54.2 Å². The number of benzene rings is 2. The van der Waals surface area contributed by atoms with Gasteiger partial charge in [0.25, 0.3) is 0 Å². The average Bonchev–Trinajstić information content (AvgIpc) is 2.59. The number of hydrogen-bond acceptors (Lipinski definition) is 5. The number of carbonyl (C=O) groups excluding carboxylic acids is 1. The van der Waals surface area contributed by atoms with Gasteiger partial charge in [-0.3, -0.25) is 0 Å². The molecule has 0 aliphatic rings. The van der Waals surface area contributed by atoms with Crippen LogP contribution in [-0.4, -0.2) is 12.6 Å². The first kappa shape index (κ1) is 18.7. The molecule has 0 heterocycles. The molecule has 5 nitrogen and oxygen atoms in total. The molecule has 128 valence electrons. The van der Waals surface area contributed by atoms with Gasteiger partial charge in [0.1, 0.15) is 11.8 Å². The van der Waals surface area contributed by atoms with E-state index in [2.05, 4.69) is 5.32 Å². The van der Waals surface area contributed by atoms with Crippen molar-refractivity contribution in [3.8, 4) is 17.6 Å². The number of rotatable bonds is 6. The highest BCUT2D eigenvalue weighted by atomic mass is 35.5. The van der Waals surface area contributed by atoms with Crippen LogP contribution in [0.25, 0.3) is 0 Å². The highest BCUT2D eigenvalue weighted by Crippen LogP contribution is 2.35. The fourth-order valence-electron chi connectivity index (χ4n) is 1.85. The van der Waals surface area contributed by atoms with Crippen LogP contribution in [0.2, 0.25) is 10.0 Å². The number of nitrogens with zero attached hydrogens (tertiary/aromatic N) is 1. The Kier molecular flexibility index (Phi) is 6.70. The van der Waals surface area contributed by atoms with Crippen LogP contribution < -0.4 is 10.1 Å². The number of hydrogen-bond donors (Lipinski definition) is 1. The topological polar surface area (TPSA) is 71.4 Å². The summed E-state index contributed by atoms with van der Waals surface area (Å²) in [5, 5.41) is 12.8. The largest absolute Gasteiger partial charge is 0.462 e. The Labute approximate surface area is 155 Å². The zero-order valence-electron chi connectivity index (χ0n) is 13.3. The van der Waals surface area contributed by atoms with Crippen molar-refractivity contribution in [2.24, 2.45) is 0 Å². The number of carbonyl (C=O) groups is 1. The van der Waals surface area contributed by atoms with Crippen LogP contribution in [0.5, 0.6) is 11.5 Å². The highest BCUT2D eigenvalue weighted by Gasteiger charge is 2.11. The quantitative estimate of drug-likeness (QED) is 0.427. The maximum atomic E-state index is 11.6. The van der Waals surface area contributed by atoms with Gasteiger partial charge < -0.3 is 14.8 Å². The van der Waals surface area contributed by atoms with Gasteiger partial charge >= 0.3 is 5.97 Å². The second-order valence-electron chi connectivity index (χ2n) is 4.71. The van der Waals surface area contributed by atoms with Gasteiger partial charge in [0, 0.05) is 11.2 Å². The Morgan fingerprint density at radius 1 is 1.24 bits per heavy atom. The van der Waals surface area contributed by atoms with Gasteiger partial charge in [0.05, 0.1) is 17.3 Å². The van der Waals surface area contributed by atoms with Gasteiger partial charge in [-0.15, -0.1) is 0 Å². The summed E-state index contributed by atoms with van der Waals surface area (Å²) in [6, 6.07) is 13.7. The van der Waals surface area contributed by atoms with Crippen molar-refractivity contribution < 1.29 is 14.3 Å². The monoisotopic (exact) mass is 376 g/mol. The molecule has 7 heteroatoms. The van der Waals surface area contributed by atoms with Crippen LogP contribution in [0.4, 0.5) is 5.69 Å². The number of anilines is 1. The first-order chi connectivity index (χ1) is 12.0. The third kappa shape index (κ3) is 5.15. The van der Waals surface area contributed by atoms with Gasteiger partial charge in [-0.1, -0.05) is 35.3 Å². The van der Waals surface area contributed by atoms with E-state index >= 15 is 0 Å². The maximum Gasteiger partial charge on any atom is 0.350 e. The summed E-state index contributed by atoms with van der Waals surface area (Å²) in [6.07, 6.45) is 1.27. The number of para-hydroxylation sites is 2. The van der Waals surface area contributed by atoms with Crippen LogP contribution in [0, 0.1) is 11.3 Å². The van der Waals surface area contributed by atoms with Crippen molar-refractivity contribution >= 4 is 34.9 Å². The van der Waals surface area contributed by atoms with Gasteiger partial charge in [-0.05, 0) is 37.3 Å².